The van der Waals surface area contributed by atoms with Crippen LogP contribution in [0.15, 0.2) is 47.4 Å². The number of nitriles is 1. The molecular weight excluding hydrogens is 578 g/mol. The predicted molar refractivity (Wildman–Crippen MR) is 165 cm³/mol. The highest BCUT2D eigenvalue weighted by molar-refractivity contribution is 7.89. The van der Waals surface area contributed by atoms with E-state index < -0.39 is 15.9 Å². The zero-order valence-electron chi connectivity index (χ0n) is 25.2. The second-order valence-corrected chi connectivity index (χ2v) is 14.6. The molecule has 2 aliphatic heterocycles. The molecule has 44 heavy (non-hydrogen) atoms. The Morgan fingerprint density at radius 3 is 2.50 bits per heavy atom. The van der Waals surface area contributed by atoms with Gasteiger partial charge in [0.15, 0.2) is 0 Å². The van der Waals surface area contributed by atoms with Gasteiger partial charge in [-0.25, -0.2) is 13.1 Å². The van der Waals surface area contributed by atoms with Crippen molar-refractivity contribution in [1.82, 2.24) is 19.0 Å². The largest absolute Gasteiger partial charge is 0.382 e. The van der Waals surface area contributed by atoms with Gasteiger partial charge in [-0.15, -0.1) is 0 Å². The van der Waals surface area contributed by atoms with Crippen LogP contribution in [0, 0.1) is 24.2 Å². The molecule has 3 aliphatic rings. The molecule has 0 radical (unpaired) electrons. The van der Waals surface area contributed by atoms with Crippen molar-refractivity contribution < 1.29 is 18.0 Å². The fourth-order valence-electron chi connectivity index (χ4n) is 6.42. The van der Waals surface area contributed by atoms with Gasteiger partial charge >= 0.3 is 0 Å². The van der Waals surface area contributed by atoms with Gasteiger partial charge in [0.1, 0.15) is 6.07 Å². The third kappa shape index (κ3) is 5.35. The number of nitrogens with two attached hydrogens (primary N) is 1. The second kappa shape index (κ2) is 11.1. The molecule has 12 heteroatoms. The maximum Gasteiger partial charge on any atom is 0.258 e. The number of amides is 2. The van der Waals surface area contributed by atoms with Gasteiger partial charge in [-0.3, -0.25) is 9.59 Å². The number of carbonyl (C=O) groups excluding carboxylic acids is 2. The summed E-state index contributed by atoms with van der Waals surface area (Å²) in [6.07, 6.45) is 3.95. The number of nitrogens with zero attached hydrogens (tertiary/aromatic N) is 5. The van der Waals surface area contributed by atoms with Crippen molar-refractivity contribution in [3.63, 3.8) is 0 Å². The molecule has 0 atom stereocenters. The van der Waals surface area contributed by atoms with E-state index in [0.717, 1.165) is 25.1 Å². The Kier molecular flexibility index (Phi) is 7.50. The van der Waals surface area contributed by atoms with Crippen LogP contribution in [0.3, 0.4) is 0 Å². The maximum atomic E-state index is 13.7. The lowest BCUT2D eigenvalue weighted by Crippen LogP contribution is -2.53. The Morgan fingerprint density at radius 2 is 1.84 bits per heavy atom. The fraction of sp³-hybridized carbons (Fsp3) is 0.438. The number of aryl methyl sites for hydroxylation is 1. The molecule has 3 heterocycles. The number of rotatable bonds is 8. The van der Waals surface area contributed by atoms with Crippen LogP contribution in [0.5, 0.6) is 0 Å². The number of nitrogens with one attached hydrogen (secondary N) is 1. The van der Waals surface area contributed by atoms with E-state index in [1.54, 1.807) is 28.9 Å². The minimum Gasteiger partial charge on any atom is -0.382 e. The summed E-state index contributed by atoms with van der Waals surface area (Å²) in [6, 6.07) is 13.3. The fourth-order valence-corrected chi connectivity index (χ4v) is 8.03. The molecule has 3 N–H and O–H groups in total. The summed E-state index contributed by atoms with van der Waals surface area (Å²) < 4.78 is 29.8. The van der Waals surface area contributed by atoms with Crippen molar-refractivity contribution in [3.8, 4) is 11.8 Å². The highest BCUT2D eigenvalue weighted by atomic mass is 32.2. The summed E-state index contributed by atoms with van der Waals surface area (Å²) in [5, 5.41) is 17.6. The Balaban J connectivity index is 1.25. The number of hydrogen-bond acceptors (Lipinski definition) is 7. The van der Waals surface area contributed by atoms with E-state index >= 15 is 0 Å². The van der Waals surface area contributed by atoms with Gasteiger partial charge in [0, 0.05) is 43.3 Å². The van der Waals surface area contributed by atoms with Gasteiger partial charge in [-0.1, -0.05) is 12.1 Å². The minimum atomic E-state index is -3.83. The van der Waals surface area contributed by atoms with Gasteiger partial charge < -0.3 is 16.0 Å². The summed E-state index contributed by atoms with van der Waals surface area (Å²) in [5.74, 6) is 0.00132. The van der Waals surface area contributed by atoms with Crippen LogP contribution in [0.1, 0.15) is 77.2 Å². The lowest BCUT2D eigenvalue weighted by atomic mass is 9.87. The Bertz CT molecular complexity index is 1790. The first kappa shape index (κ1) is 29.8. The lowest BCUT2D eigenvalue weighted by Gasteiger charge is -2.42. The molecule has 0 bridgehead atoms. The molecule has 1 aliphatic carbocycles. The maximum absolute atomic E-state index is 13.7. The number of sulfonamides is 1. The number of benzene rings is 2. The van der Waals surface area contributed by atoms with Gasteiger partial charge in [0.25, 0.3) is 11.8 Å². The van der Waals surface area contributed by atoms with E-state index in [4.69, 9.17) is 10.8 Å². The topological polar surface area (TPSA) is 154 Å². The molecule has 3 aromatic rings. The Labute approximate surface area is 257 Å². The number of piperidine rings is 1. The standard InChI is InChI=1S/C32H37N7O4S/c1-20-29-27(17-32(2,3)38(31(29)41)19-21-8-9-21)39(36-20)24-10-11-25(30(34)40)26(16-24)35-23-12-14-37(15-13-23)44(42,43)28-7-5-4-6-22(28)18-33/h4-7,10-11,16,21,23,35H,8-9,12-15,17,19H2,1-3H3,(H2,34,40). The van der Waals surface area contributed by atoms with Crippen molar-refractivity contribution >= 4 is 27.5 Å². The smallest absolute Gasteiger partial charge is 0.258 e. The number of aromatic nitrogens is 2. The summed E-state index contributed by atoms with van der Waals surface area (Å²) >= 11 is 0. The first-order chi connectivity index (χ1) is 20.9. The van der Waals surface area contributed by atoms with Gasteiger partial charge in [-0.2, -0.15) is 14.7 Å². The van der Waals surface area contributed by atoms with E-state index in [1.807, 2.05) is 24.0 Å². The summed E-state index contributed by atoms with van der Waals surface area (Å²) in [4.78, 5) is 28.1. The van der Waals surface area contributed by atoms with Crippen molar-refractivity contribution in [3.05, 3.63) is 70.5 Å². The first-order valence-electron chi connectivity index (χ1n) is 15.0. The molecule has 6 rings (SSSR count). The molecule has 0 unspecified atom stereocenters. The van der Waals surface area contributed by atoms with Crippen LogP contribution in [-0.4, -0.2) is 70.4 Å². The lowest BCUT2D eigenvalue weighted by molar-refractivity contribution is 0.0487. The number of hydrogen-bond donors (Lipinski definition) is 2. The van der Waals surface area contributed by atoms with E-state index in [2.05, 4.69) is 19.2 Å². The monoisotopic (exact) mass is 615 g/mol. The average molecular weight is 616 g/mol. The summed E-state index contributed by atoms with van der Waals surface area (Å²) in [5.41, 5.74) is 9.20. The second-order valence-electron chi connectivity index (χ2n) is 12.7. The van der Waals surface area contributed by atoms with E-state index in [9.17, 15) is 23.3 Å². The van der Waals surface area contributed by atoms with Crippen molar-refractivity contribution in [2.24, 2.45) is 11.7 Å². The molecule has 0 spiro atoms. The Morgan fingerprint density at radius 1 is 1.14 bits per heavy atom. The SMILES string of the molecule is Cc1nn(-c2ccc(C(N)=O)c(NC3CCN(S(=O)(=O)c4ccccc4C#N)CC3)c2)c2c1C(=O)N(CC1CC1)C(C)(C)C2. The molecule has 11 nitrogen and oxygen atoms in total. The van der Waals surface area contributed by atoms with Gasteiger partial charge in [0.05, 0.1) is 38.7 Å². The zero-order chi connectivity index (χ0) is 31.4. The zero-order valence-corrected chi connectivity index (χ0v) is 26.0. The summed E-state index contributed by atoms with van der Waals surface area (Å²) in [6.45, 7) is 7.32. The van der Waals surface area contributed by atoms with Crippen LogP contribution in [0.25, 0.3) is 5.69 Å². The van der Waals surface area contributed by atoms with Gasteiger partial charge in [0.2, 0.25) is 10.0 Å². The van der Waals surface area contributed by atoms with Crippen LogP contribution < -0.4 is 11.1 Å². The van der Waals surface area contributed by atoms with Crippen LogP contribution in [-0.2, 0) is 16.4 Å². The minimum absolute atomic E-state index is 0.00722. The highest BCUT2D eigenvalue weighted by Gasteiger charge is 2.43. The van der Waals surface area contributed by atoms with Crippen LogP contribution in [0.4, 0.5) is 5.69 Å². The van der Waals surface area contributed by atoms with Crippen LogP contribution >= 0.6 is 0 Å². The quantitative estimate of drug-likeness (QED) is 0.392. The number of fused-ring (bicyclic) bond motifs is 1. The predicted octanol–water partition coefficient (Wildman–Crippen LogP) is 3.60. The van der Waals surface area contributed by atoms with Crippen molar-refractivity contribution in [2.75, 3.05) is 25.0 Å². The molecule has 230 valence electrons. The van der Waals surface area contributed by atoms with E-state index in [-0.39, 0.29) is 41.0 Å². The molecule has 2 fully saturated rings. The van der Waals surface area contributed by atoms with Gasteiger partial charge in [-0.05, 0) is 82.7 Å². The normalized spacial score (nSPS) is 19.0. The first-order valence-corrected chi connectivity index (χ1v) is 16.4. The molecular formula is C32H37N7O4S. The molecule has 2 aromatic carbocycles. The summed E-state index contributed by atoms with van der Waals surface area (Å²) in [7, 11) is -3.83. The van der Waals surface area contributed by atoms with E-state index in [0.29, 0.717) is 53.4 Å². The molecule has 1 aromatic heterocycles. The number of anilines is 1. The third-order valence-electron chi connectivity index (χ3n) is 9.04. The van der Waals surface area contributed by atoms with E-state index in [1.165, 1.54) is 16.4 Å². The third-order valence-corrected chi connectivity index (χ3v) is 11.0. The molecule has 2 amide bonds. The average Bonchev–Trinajstić information content (AvgIpc) is 3.76. The van der Waals surface area contributed by atoms with Crippen molar-refractivity contribution in [2.45, 2.75) is 69.4 Å². The Hall–Kier alpha value is -4.21. The number of carbonyl (C=O) groups is 2. The van der Waals surface area contributed by atoms with Crippen LogP contribution in [0.2, 0.25) is 0 Å². The van der Waals surface area contributed by atoms with Crippen molar-refractivity contribution in [1.29, 1.82) is 5.26 Å². The highest BCUT2D eigenvalue weighted by Crippen LogP contribution is 2.38. The number of primary amides is 1. The molecule has 1 saturated carbocycles. The molecule has 1 saturated heterocycles.